The number of urea groups is 1. The van der Waals surface area contributed by atoms with Crippen molar-refractivity contribution >= 4 is 17.9 Å². The third-order valence-electron chi connectivity index (χ3n) is 4.90. The van der Waals surface area contributed by atoms with E-state index >= 15 is 0 Å². The van der Waals surface area contributed by atoms with Crippen molar-refractivity contribution in [2.24, 2.45) is 5.73 Å². The molecule has 7 nitrogen and oxygen atoms in total. The van der Waals surface area contributed by atoms with Crippen molar-refractivity contribution in [3.8, 4) is 0 Å². The monoisotopic (exact) mass is 381 g/mol. The van der Waals surface area contributed by atoms with Crippen molar-refractivity contribution in [2.45, 2.75) is 25.4 Å². The van der Waals surface area contributed by atoms with Crippen LogP contribution in [0.1, 0.15) is 34.0 Å². The summed E-state index contributed by atoms with van der Waals surface area (Å²) in [4.78, 5) is 38.5. The van der Waals surface area contributed by atoms with Gasteiger partial charge in [0, 0.05) is 0 Å². The maximum atomic E-state index is 13.1. The Balaban J connectivity index is 1.86. The Hall–Kier alpha value is -3.19. The van der Waals surface area contributed by atoms with Gasteiger partial charge in [-0.1, -0.05) is 36.4 Å². The normalized spacial score (nSPS) is 18.9. The number of amides is 3. The second kappa shape index (κ2) is 7.82. The molecule has 1 heterocycles. The van der Waals surface area contributed by atoms with E-state index in [-0.39, 0.29) is 12.5 Å². The molecule has 28 heavy (non-hydrogen) atoms. The molecule has 7 heteroatoms. The molecule has 3 N–H and O–H groups in total. The van der Waals surface area contributed by atoms with Crippen LogP contribution in [0.3, 0.4) is 0 Å². The van der Waals surface area contributed by atoms with Crippen LogP contribution in [0.5, 0.6) is 0 Å². The standard InChI is InChI=1S/C21H23N3O4/c1-21(17-8-4-5-14(12-17)9-10-22)19(26)24(20(27)23-21)13-15-6-3-7-16(11-15)18(25)28-2/h3-8,11-12H,9-10,13,22H2,1-2H3,(H,23,27). The molecule has 2 aromatic carbocycles. The van der Waals surface area contributed by atoms with Gasteiger partial charge in [0.15, 0.2) is 0 Å². The van der Waals surface area contributed by atoms with Gasteiger partial charge < -0.3 is 15.8 Å². The third kappa shape index (κ3) is 3.61. The molecule has 1 aliphatic heterocycles. The summed E-state index contributed by atoms with van der Waals surface area (Å²) in [6.07, 6.45) is 0.691. The molecule has 1 aliphatic rings. The van der Waals surface area contributed by atoms with Crippen LogP contribution in [0, 0.1) is 0 Å². The first kappa shape index (κ1) is 19.6. The Morgan fingerprint density at radius 2 is 1.86 bits per heavy atom. The molecule has 3 rings (SSSR count). The lowest BCUT2D eigenvalue weighted by molar-refractivity contribution is -0.131. The predicted octanol–water partition coefficient (Wildman–Crippen LogP) is 1.94. The second-order valence-corrected chi connectivity index (χ2v) is 6.88. The number of ether oxygens (including phenoxy) is 1. The number of carbonyl (C=O) groups excluding carboxylic acids is 3. The van der Waals surface area contributed by atoms with Crippen molar-refractivity contribution in [1.29, 1.82) is 0 Å². The highest BCUT2D eigenvalue weighted by molar-refractivity contribution is 6.07. The number of imide groups is 1. The Bertz CT molecular complexity index is 927. The van der Waals surface area contributed by atoms with E-state index in [4.69, 9.17) is 10.5 Å². The molecule has 2 aromatic rings. The lowest BCUT2D eigenvalue weighted by atomic mass is 9.90. The topological polar surface area (TPSA) is 102 Å². The zero-order valence-electron chi connectivity index (χ0n) is 15.9. The number of nitrogens with two attached hydrogens (primary N) is 1. The van der Waals surface area contributed by atoms with E-state index in [1.165, 1.54) is 7.11 Å². The lowest BCUT2D eigenvalue weighted by Crippen LogP contribution is -2.40. The summed E-state index contributed by atoms with van der Waals surface area (Å²) >= 11 is 0. The van der Waals surface area contributed by atoms with Gasteiger partial charge in [-0.05, 0) is 48.7 Å². The van der Waals surface area contributed by atoms with Gasteiger partial charge in [0.25, 0.3) is 5.91 Å². The Morgan fingerprint density at radius 3 is 2.57 bits per heavy atom. The molecule has 1 unspecified atom stereocenters. The molecule has 0 bridgehead atoms. The molecule has 0 saturated carbocycles. The van der Waals surface area contributed by atoms with Crippen molar-refractivity contribution in [1.82, 2.24) is 10.2 Å². The Morgan fingerprint density at radius 1 is 1.14 bits per heavy atom. The molecular formula is C21H23N3O4. The molecule has 0 aromatic heterocycles. The number of rotatable bonds is 6. The first-order valence-corrected chi connectivity index (χ1v) is 9.00. The average molecular weight is 381 g/mol. The molecule has 0 radical (unpaired) electrons. The van der Waals surface area contributed by atoms with Crippen LogP contribution in [0.2, 0.25) is 0 Å². The Labute approximate surface area is 163 Å². The number of methoxy groups -OCH3 is 1. The number of hydrogen-bond donors (Lipinski definition) is 2. The highest BCUT2D eigenvalue weighted by Gasteiger charge is 2.48. The number of esters is 1. The molecule has 1 atom stereocenters. The van der Waals surface area contributed by atoms with Crippen LogP contribution in [0.25, 0.3) is 0 Å². The summed E-state index contributed by atoms with van der Waals surface area (Å²) in [7, 11) is 1.30. The lowest BCUT2D eigenvalue weighted by Gasteiger charge is -2.23. The van der Waals surface area contributed by atoms with E-state index in [0.29, 0.717) is 29.7 Å². The number of carbonyl (C=O) groups is 3. The van der Waals surface area contributed by atoms with E-state index in [1.807, 2.05) is 24.3 Å². The molecule has 146 valence electrons. The third-order valence-corrected chi connectivity index (χ3v) is 4.90. The highest BCUT2D eigenvalue weighted by atomic mass is 16.5. The maximum absolute atomic E-state index is 13.1. The van der Waals surface area contributed by atoms with Crippen LogP contribution in [-0.4, -0.2) is 36.5 Å². The highest BCUT2D eigenvalue weighted by Crippen LogP contribution is 2.30. The Kier molecular flexibility index (Phi) is 5.46. The van der Waals surface area contributed by atoms with E-state index in [2.05, 4.69) is 5.32 Å². The number of benzene rings is 2. The molecule has 0 aliphatic carbocycles. The second-order valence-electron chi connectivity index (χ2n) is 6.88. The van der Waals surface area contributed by atoms with Crippen molar-refractivity contribution in [3.05, 3.63) is 70.8 Å². The van der Waals surface area contributed by atoms with Crippen molar-refractivity contribution < 1.29 is 19.1 Å². The van der Waals surface area contributed by atoms with Gasteiger partial charge in [-0.25, -0.2) is 9.59 Å². The summed E-state index contributed by atoms with van der Waals surface area (Å²) in [5, 5.41) is 2.80. The molecular weight excluding hydrogens is 358 g/mol. The molecule has 3 amide bonds. The van der Waals surface area contributed by atoms with E-state index in [1.54, 1.807) is 31.2 Å². The van der Waals surface area contributed by atoms with Gasteiger partial charge in [-0.2, -0.15) is 0 Å². The SMILES string of the molecule is COC(=O)c1cccc(CN2C(=O)NC(C)(c3cccc(CCN)c3)C2=O)c1. The molecule has 1 fully saturated rings. The number of hydrogen-bond acceptors (Lipinski definition) is 5. The summed E-state index contributed by atoms with van der Waals surface area (Å²) in [5.74, 6) is -0.813. The van der Waals surface area contributed by atoms with Gasteiger partial charge in [-0.3, -0.25) is 9.69 Å². The van der Waals surface area contributed by atoms with Gasteiger partial charge in [0.05, 0.1) is 19.2 Å². The van der Waals surface area contributed by atoms with Gasteiger partial charge in [-0.15, -0.1) is 0 Å². The summed E-state index contributed by atoms with van der Waals surface area (Å²) < 4.78 is 4.72. The van der Waals surface area contributed by atoms with Crippen molar-refractivity contribution in [3.63, 3.8) is 0 Å². The van der Waals surface area contributed by atoms with Crippen LogP contribution in [-0.2, 0) is 28.0 Å². The quantitative estimate of drug-likeness (QED) is 0.588. The first-order chi connectivity index (χ1) is 13.4. The summed E-state index contributed by atoms with van der Waals surface area (Å²) in [5.41, 5.74) is 7.21. The predicted molar refractivity (Wildman–Crippen MR) is 103 cm³/mol. The van der Waals surface area contributed by atoms with Crippen LogP contribution >= 0.6 is 0 Å². The first-order valence-electron chi connectivity index (χ1n) is 9.00. The fraction of sp³-hybridized carbons (Fsp3) is 0.286. The summed E-state index contributed by atoms with van der Waals surface area (Å²) in [6, 6.07) is 13.7. The number of nitrogens with one attached hydrogen (secondary N) is 1. The zero-order chi connectivity index (χ0) is 20.3. The van der Waals surface area contributed by atoms with E-state index in [0.717, 1.165) is 10.5 Å². The largest absolute Gasteiger partial charge is 0.465 e. The minimum absolute atomic E-state index is 0.0631. The van der Waals surface area contributed by atoms with Crippen LogP contribution in [0.4, 0.5) is 4.79 Å². The maximum Gasteiger partial charge on any atom is 0.337 e. The molecule has 0 spiro atoms. The van der Waals surface area contributed by atoms with E-state index < -0.39 is 17.5 Å². The van der Waals surface area contributed by atoms with Gasteiger partial charge >= 0.3 is 12.0 Å². The zero-order valence-corrected chi connectivity index (χ0v) is 15.9. The fourth-order valence-electron chi connectivity index (χ4n) is 3.34. The number of nitrogens with zero attached hydrogens (tertiary/aromatic N) is 1. The fourth-order valence-corrected chi connectivity index (χ4v) is 3.34. The van der Waals surface area contributed by atoms with Crippen LogP contribution in [0.15, 0.2) is 48.5 Å². The van der Waals surface area contributed by atoms with E-state index in [9.17, 15) is 14.4 Å². The summed E-state index contributed by atoms with van der Waals surface area (Å²) in [6.45, 7) is 2.26. The van der Waals surface area contributed by atoms with Gasteiger partial charge in [0.2, 0.25) is 0 Å². The molecule has 1 saturated heterocycles. The van der Waals surface area contributed by atoms with Gasteiger partial charge in [0.1, 0.15) is 5.54 Å². The smallest absolute Gasteiger partial charge is 0.337 e. The van der Waals surface area contributed by atoms with Crippen LogP contribution < -0.4 is 11.1 Å². The minimum atomic E-state index is -1.15. The van der Waals surface area contributed by atoms with Crippen molar-refractivity contribution in [2.75, 3.05) is 13.7 Å². The average Bonchev–Trinajstić information content (AvgIpc) is 2.92. The minimum Gasteiger partial charge on any atom is -0.465 e.